The molecule has 0 unspecified atom stereocenters. The fourth-order valence-corrected chi connectivity index (χ4v) is 6.22. The number of nitrogens with two attached hydrogens (primary N) is 1. The van der Waals surface area contributed by atoms with E-state index in [-0.39, 0.29) is 17.8 Å². The number of allylic oxidation sites excluding steroid dienone is 3. The van der Waals surface area contributed by atoms with Crippen LogP contribution in [0.3, 0.4) is 0 Å². The first kappa shape index (κ1) is 29.3. The summed E-state index contributed by atoms with van der Waals surface area (Å²) < 4.78 is 17.7. The van der Waals surface area contributed by atoms with Crippen LogP contribution in [0.1, 0.15) is 43.7 Å². The smallest absolute Gasteiger partial charge is 0.175 e. The zero-order valence-corrected chi connectivity index (χ0v) is 25.3. The lowest BCUT2D eigenvalue weighted by molar-refractivity contribution is -0.118. The first-order valence-electron chi connectivity index (χ1n) is 12.4. The van der Waals surface area contributed by atoms with Crippen LogP contribution in [-0.2, 0) is 16.1 Å². The molecule has 0 aromatic heterocycles. The highest BCUT2D eigenvalue weighted by Crippen LogP contribution is 2.50. The van der Waals surface area contributed by atoms with Crippen LogP contribution >= 0.6 is 39.1 Å². The Morgan fingerprint density at radius 2 is 1.95 bits per heavy atom. The van der Waals surface area contributed by atoms with Crippen LogP contribution < -0.4 is 15.2 Å². The molecule has 0 spiro atoms. The maximum absolute atomic E-state index is 13.7. The Balaban J connectivity index is 1.79. The minimum absolute atomic E-state index is 0.00159. The van der Waals surface area contributed by atoms with Crippen LogP contribution in [0.2, 0.25) is 10.0 Å². The number of nitrogens with zero attached hydrogens (tertiary/aromatic N) is 2. The van der Waals surface area contributed by atoms with Gasteiger partial charge in [-0.3, -0.25) is 4.79 Å². The van der Waals surface area contributed by atoms with Crippen LogP contribution in [0.4, 0.5) is 0 Å². The van der Waals surface area contributed by atoms with E-state index >= 15 is 0 Å². The number of halogens is 3. The highest BCUT2D eigenvalue weighted by atomic mass is 79.9. The second kappa shape index (κ2) is 11.8. The van der Waals surface area contributed by atoms with Crippen LogP contribution in [-0.4, -0.2) is 38.1 Å². The molecule has 0 fully saturated rings. The zero-order valence-electron chi connectivity index (χ0n) is 22.2. The van der Waals surface area contributed by atoms with Gasteiger partial charge in [0.05, 0.1) is 35.7 Å². The van der Waals surface area contributed by atoms with Gasteiger partial charge in [0.1, 0.15) is 12.4 Å². The average molecular weight is 635 g/mol. The van der Waals surface area contributed by atoms with Crippen LogP contribution in [0, 0.1) is 16.7 Å². The lowest BCUT2D eigenvalue weighted by Gasteiger charge is -2.43. The van der Waals surface area contributed by atoms with Crippen molar-refractivity contribution in [2.45, 2.75) is 39.2 Å². The van der Waals surface area contributed by atoms with E-state index < -0.39 is 5.92 Å². The van der Waals surface area contributed by atoms with Gasteiger partial charge in [-0.2, -0.15) is 5.26 Å². The molecule has 1 aliphatic heterocycles. The van der Waals surface area contributed by atoms with Gasteiger partial charge in [-0.25, -0.2) is 0 Å². The summed E-state index contributed by atoms with van der Waals surface area (Å²) in [5, 5.41) is 11.3. The molecule has 4 rings (SSSR count). The van der Waals surface area contributed by atoms with Crippen molar-refractivity contribution in [2.75, 3.05) is 27.4 Å². The molecule has 206 valence electrons. The molecule has 2 aromatic rings. The van der Waals surface area contributed by atoms with Gasteiger partial charge in [0.15, 0.2) is 17.3 Å². The van der Waals surface area contributed by atoms with Gasteiger partial charge < -0.3 is 24.8 Å². The van der Waals surface area contributed by atoms with Crippen molar-refractivity contribution < 1.29 is 19.0 Å². The summed E-state index contributed by atoms with van der Waals surface area (Å²) in [6, 6.07) is 11.1. The minimum Gasteiger partial charge on any atom is -0.493 e. The third kappa shape index (κ3) is 5.92. The third-order valence-electron chi connectivity index (χ3n) is 6.98. The number of carbonyl (C=O) groups excluding carboxylic acids is 1. The van der Waals surface area contributed by atoms with Crippen molar-refractivity contribution in [1.82, 2.24) is 4.90 Å². The van der Waals surface area contributed by atoms with Gasteiger partial charge in [0.25, 0.3) is 0 Å². The lowest BCUT2D eigenvalue weighted by Crippen LogP contribution is -2.43. The number of methoxy groups -OCH3 is 2. The number of nitriles is 1. The summed E-state index contributed by atoms with van der Waals surface area (Å²) >= 11 is 16.0. The number of carbonyl (C=O) groups is 1. The van der Waals surface area contributed by atoms with E-state index in [9.17, 15) is 10.1 Å². The molecule has 1 heterocycles. The third-order valence-corrected chi connectivity index (χ3v) is 8.15. The van der Waals surface area contributed by atoms with E-state index in [4.69, 9.17) is 43.1 Å². The van der Waals surface area contributed by atoms with Gasteiger partial charge in [-0.1, -0.05) is 43.1 Å². The second-order valence-corrected chi connectivity index (χ2v) is 12.0. The normalized spacial score (nSPS) is 18.7. The molecule has 2 N–H and O–H groups in total. The fourth-order valence-electron chi connectivity index (χ4n) is 5.18. The van der Waals surface area contributed by atoms with E-state index in [2.05, 4.69) is 35.8 Å². The number of benzene rings is 2. The molecule has 0 amide bonds. The van der Waals surface area contributed by atoms with E-state index in [0.717, 1.165) is 11.3 Å². The fraction of sp³-hybridized carbons (Fsp3) is 0.379. The lowest BCUT2D eigenvalue weighted by atomic mass is 9.68. The maximum Gasteiger partial charge on any atom is 0.175 e. The maximum atomic E-state index is 13.7. The zero-order chi connectivity index (χ0) is 28.5. The summed E-state index contributed by atoms with van der Waals surface area (Å²) in [5.41, 5.74) is 9.56. The Labute approximate surface area is 247 Å². The van der Waals surface area contributed by atoms with Gasteiger partial charge >= 0.3 is 0 Å². The van der Waals surface area contributed by atoms with Crippen LogP contribution in [0.25, 0.3) is 0 Å². The van der Waals surface area contributed by atoms with E-state index in [1.165, 1.54) is 7.11 Å². The Hall–Kier alpha value is -2.70. The second-order valence-electron chi connectivity index (χ2n) is 10.3. The van der Waals surface area contributed by atoms with Crippen molar-refractivity contribution in [3.05, 3.63) is 78.6 Å². The first-order chi connectivity index (χ1) is 18.5. The number of Topliss-reactive ketones (excluding diaryl/α,β-unsaturated/α-hetero) is 1. The molecule has 2 aromatic carbocycles. The topological polar surface area (TPSA) is 97.8 Å². The van der Waals surface area contributed by atoms with Crippen molar-refractivity contribution in [3.8, 4) is 17.6 Å². The minimum atomic E-state index is -0.641. The Bertz CT molecular complexity index is 1410. The Morgan fingerprint density at radius 1 is 1.21 bits per heavy atom. The first-order valence-corrected chi connectivity index (χ1v) is 13.9. The molecule has 2 aliphatic rings. The summed E-state index contributed by atoms with van der Waals surface area (Å²) in [5.74, 6) is 0.592. The highest BCUT2D eigenvalue weighted by molar-refractivity contribution is 9.10. The van der Waals surface area contributed by atoms with Crippen LogP contribution in [0.5, 0.6) is 11.5 Å². The number of ether oxygens (including phenoxy) is 3. The molecule has 7 nitrogen and oxygen atoms in total. The predicted molar refractivity (Wildman–Crippen MR) is 155 cm³/mol. The summed E-state index contributed by atoms with van der Waals surface area (Å²) in [6.45, 7) is 5.16. The molecule has 1 atom stereocenters. The molecular formula is C29H30BrCl2N3O4. The highest BCUT2D eigenvalue weighted by Gasteiger charge is 2.44. The molecule has 0 radical (unpaired) electrons. The Morgan fingerprint density at radius 3 is 2.59 bits per heavy atom. The molecule has 39 heavy (non-hydrogen) atoms. The molecule has 10 heteroatoms. The predicted octanol–water partition coefficient (Wildman–Crippen LogP) is 6.73. The molecule has 0 saturated heterocycles. The standard InChI is InChI=1S/C29H30BrCl2N3O4/c1-29(2)12-22-26(23(36)13-29)25(19(14-33)28(34)35(22)7-8-37-3)17-9-20(30)27(24(10-17)38-4)39-15-16-5-6-18(31)11-21(16)32/h5-6,9-11,25H,7-8,12-13,15,34H2,1-4H3/t25-/m1/s1. The molecular weight excluding hydrogens is 605 g/mol. The van der Waals surface area contributed by atoms with Crippen molar-refractivity contribution in [1.29, 1.82) is 5.26 Å². The van der Waals surface area contributed by atoms with Crippen LogP contribution in [0.15, 0.2) is 57.5 Å². The number of ketones is 1. The number of hydrogen-bond acceptors (Lipinski definition) is 7. The number of rotatable bonds is 8. The van der Waals surface area contributed by atoms with Gasteiger partial charge in [0, 0.05) is 47.0 Å². The van der Waals surface area contributed by atoms with E-state index in [0.29, 0.717) is 74.5 Å². The number of hydrogen-bond donors (Lipinski definition) is 1. The van der Waals surface area contributed by atoms with Crippen molar-refractivity contribution in [2.24, 2.45) is 11.1 Å². The summed E-state index contributed by atoms with van der Waals surface area (Å²) in [6.07, 6.45) is 1.02. The van der Waals surface area contributed by atoms with E-state index in [1.54, 1.807) is 31.4 Å². The molecule has 1 aliphatic carbocycles. The van der Waals surface area contributed by atoms with Crippen molar-refractivity contribution >= 4 is 44.9 Å². The van der Waals surface area contributed by atoms with Gasteiger partial charge in [-0.15, -0.1) is 0 Å². The van der Waals surface area contributed by atoms with Gasteiger partial charge in [0.2, 0.25) is 0 Å². The quantitative estimate of drug-likeness (QED) is 0.344. The summed E-state index contributed by atoms with van der Waals surface area (Å²) in [7, 11) is 3.15. The van der Waals surface area contributed by atoms with Crippen molar-refractivity contribution in [3.63, 3.8) is 0 Å². The molecule has 0 saturated carbocycles. The van der Waals surface area contributed by atoms with Gasteiger partial charge in [-0.05, 0) is 57.6 Å². The Kier molecular flexibility index (Phi) is 8.87. The summed E-state index contributed by atoms with van der Waals surface area (Å²) in [4.78, 5) is 15.5. The monoisotopic (exact) mass is 633 g/mol. The average Bonchev–Trinajstić information content (AvgIpc) is 2.86. The SMILES string of the molecule is COCCN1C(N)=C(C#N)[C@@H](c2cc(Br)c(OCc3ccc(Cl)cc3Cl)c(OC)c2)C2=C1CC(C)(C)CC2=O. The molecule has 0 bridgehead atoms. The van der Waals surface area contributed by atoms with E-state index in [1.807, 2.05) is 11.0 Å². The largest absolute Gasteiger partial charge is 0.493 e.